The minimum atomic E-state index is -0.157. The Morgan fingerprint density at radius 3 is 2.17 bits per heavy atom. The van der Waals surface area contributed by atoms with Crippen LogP contribution in [-0.2, 0) is 19.1 Å². The van der Waals surface area contributed by atoms with Crippen LogP contribution in [0.25, 0.3) is 0 Å². The molecule has 0 heterocycles. The van der Waals surface area contributed by atoms with Crippen LogP contribution in [0.4, 0.5) is 0 Å². The SMILES string of the molecule is CCOC(=O)C1CCCC(C(=O)OCCCCCCC(C)C)C1. The van der Waals surface area contributed by atoms with Gasteiger partial charge >= 0.3 is 11.9 Å². The topological polar surface area (TPSA) is 52.6 Å². The highest BCUT2D eigenvalue weighted by Crippen LogP contribution is 2.30. The number of hydrogen-bond donors (Lipinski definition) is 0. The summed E-state index contributed by atoms with van der Waals surface area (Å²) in [7, 11) is 0. The summed E-state index contributed by atoms with van der Waals surface area (Å²) in [5.41, 5.74) is 0. The van der Waals surface area contributed by atoms with Gasteiger partial charge in [0.05, 0.1) is 25.0 Å². The van der Waals surface area contributed by atoms with Gasteiger partial charge in [0.2, 0.25) is 0 Å². The van der Waals surface area contributed by atoms with Gasteiger partial charge in [-0.15, -0.1) is 0 Å². The molecule has 0 radical (unpaired) electrons. The highest BCUT2D eigenvalue weighted by atomic mass is 16.5. The van der Waals surface area contributed by atoms with Crippen LogP contribution in [0.15, 0.2) is 0 Å². The summed E-state index contributed by atoms with van der Waals surface area (Å²) in [6, 6.07) is 0. The summed E-state index contributed by atoms with van der Waals surface area (Å²) in [5.74, 6) is 0.235. The molecule has 4 nitrogen and oxygen atoms in total. The second-order valence-electron chi connectivity index (χ2n) is 7.08. The number of carbonyl (C=O) groups excluding carboxylic acids is 2. The van der Waals surface area contributed by atoms with Crippen molar-refractivity contribution in [3.05, 3.63) is 0 Å². The van der Waals surface area contributed by atoms with Crippen LogP contribution in [0.2, 0.25) is 0 Å². The molecule has 1 saturated carbocycles. The summed E-state index contributed by atoms with van der Waals surface area (Å²) in [6.07, 6.45) is 8.97. The first-order chi connectivity index (χ1) is 11.0. The lowest BCUT2D eigenvalue weighted by atomic mass is 9.81. The van der Waals surface area contributed by atoms with E-state index in [4.69, 9.17) is 9.47 Å². The predicted molar refractivity (Wildman–Crippen MR) is 91.0 cm³/mol. The zero-order valence-corrected chi connectivity index (χ0v) is 15.1. The van der Waals surface area contributed by atoms with Crippen LogP contribution >= 0.6 is 0 Å². The fraction of sp³-hybridized carbons (Fsp3) is 0.895. The van der Waals surface area contributed by atoms with E-state index in [2.05, 4.69) is 13.8 Å². The van der Waals surface area contributed by atoms with E-state index in [1.54, 1.807) is 0 Å². The molecule has 1 aliphatic rings. The normalized spacial score (nSPS) is 21.2. The van der Waals surface area contributed by atoms with Crippen molar-refractivity contribution >= 4 is 11.9 Å². The third kappa shape index (κ3) is 8.38. The zero-order valence-electron chi connectivity index (χ0n) is 15.1. The molecule has 4 heteroatoms. The van der Waals surface area contributed by atoms with Gasteiger partial charge in [-0.25, -0.2) is 0 Å². The number of unbranched alkanes of at least 4 members (excludes halogenated alkanes) is 3. The Hall–Kier alpha value is -1.06. The summed E-state index contributed by atoms with van der Waals surface area (Å²) in [4.78, 5) is 23.9. The lowest BCUT2D eigenvalue weighted by Crippen LogP contribution is -2.29. The molecular formula is C19H34O4. The smallest absolute Gasteiger partial charge is 0.308 e. The molecule has 23 heavy (non-hydrogen) atoms. The van der Waals surface area contributed by atoms with E-state index in [0.29, 0.717) is 19.6 Å². The van der Waals surface area contributed by atoms with Crippen molar-refractivity contribution in [2.75, 3.05) is 13.2 Å². The fourth-order valence-electron chi connectivity index (χ4n) is 3.18. The zero-order chi connectivity index (χ0) is 17.1. The van der Waals surface area contributed by atoms with E-state index in [1.165, 1.54) is 19.3 Å². The van der Waals surface area contributed by atoms with Crippen LogP contribution in [0.3, 0.4) is 0 Å². The van der Waals surface area contributed by atoms with Crippen molar-refractivity contribution in [1.82, 2.24) is 0 Å². The summed E-state index contributed by atoms with van der Waals surface area (Å²) < 4.78 is 10.5. The van der Waals surface area contributed by atoms with Crippen molar-refractivity contribution in [1.29, 1.82) is 0 Å². The lowest BCUT2D eigenvalue weighted by Gasteiger charge is -2.26. The first-order valence-corrected chi connectivity index (χ1v) is 9.37. The van der Waals surface area contributed by atoms with Gasteiger partial charge in [0.1, 0.15) is 0 Å². The van der Waals surface area contributed by atoms with Gasteiger partial charge in [-0.1, -0.05) is 46.0 Å². The van der Waals surface area contributed by atoms with E-state index in [-0.39, 0.29) is 23.8 Å². The van der Waals surface area contributed by atoms with Crippen LogP contribution in [0.1, 0.15) is 78.6 Å². The van der Waals surface area contributed by atoms with Gasteiger partial charge < -0.3 is 9.47 Å². The highest BCUT2D eigenvalue weighted by molar-refractivity contribution is 5.76. The third-order valence-corrected chi connectivity index (χ3v) is 4.55. The molecule has 1 aliphatic carbocycles. The molecule has 2 atom stereocenters. The predicted octanol–water partition coefficient (Wildman–Crippen LogP) is 4.51. The maximum absolute atomic E-state index is 12.1. The maximum atomic E-state index is 12.1. The average molecular weight is 326 g/mol. The molecule has 0 aromatic carbocycles. The van der Waals surface area contributed by atoms with E-state index in [0.717, 1.165) is 38.0 Å². The maximum Gasteiger partial charge on any atom is 0.308 e. The fourth-order valence-corrected chi connectivity index (χ4v) is 3.18. The largest absolute Gasteiger partial charge is 0.466 e. The monoisotopic (exact) mass is 326 g/mol. The van der Waals surface area contributed by atoms with Crippen molar-refractivity contribution in [3.63, 3.8) is 0 Å². The van der Waals surface area contributed by atoms with Crippen LogP contribution in [0.5, 0.6) is 0 Å². The first kappa shape index (κ1) is 20.0. The Morgan fingerprint density at radius 1 is 0.957 bits per heavy atom. The minimum absolute atomic E-state index is 0.124. The van der Waals surface area contributed by atoms with Crippen LogP contribution in [-0.4, -0.2) is 25.2 Å². The van der Waals surface area contributed by atoms with Crippen molar-refractivity contribution in [3.8, 4) is 0 Å². The van der Waals surface area contributed by atoms with E-state index in [1.807, 2.05) is 6.92 Å². The average Bonchev–Trinajstić information content (AvgIpc) is 2.53. The van der Waals surface area contributed by atoms with E-state index >= 15 is 0 Å². The molecule has 1 rings (SSSR count). The van der Waals surface area contributed by atoms with Gasteiger partial charge in [0.25, 0.3) is 0 Å². The minimum Gasteiger partial charge on any atom is -0.466 e. The molecule has 0 saturated heterocycles. The van der Waals surface area contributed by atoms with Gasteiger partial charge in [0, 0.05) is 0 Å². The first-order valence-electron chi connectivity index (χ1n) is 9.37. The molecule has 0 spiro atoms. The van der Waals surface area contributed by atoms with Crippen molar-refractivity contribution < 1.29 is 19.1 Å². The van der Waals surface area contributed by atoms with Gasteiger partial charge in [-0.05, 0) is 38.5 Å². The second kappa shape index (κ2) is 11.5. The quantitative estimate of drug-likeness (QED) is 0.438. The Morgan fingerprint density at radius 2 is 1.57 bits per heavy atom. The Labute approximate surface area is 141 Å². The third-order valence-electron chi connectivity index (χ3n) is 4.55. The Bertz CT molecular complexity index is 351. The molecule has 0 amide bonds. The van der Waals surface area contributed by atoms with Gasteiger partial charge in [-0.3, -0.25) is 9.59 Å². The number of carbonyl (C=O) groups is 2. The molecule has 0 aromatic rings. The molecule has 0 N–H and O–H groups in total. The van der Waals surface area contributed by atoms with E-state index < -0.39 is 0 Å². The highest BCUT2D eigenvalue weighted by Gasteiger charge is 2.32. The van der Waals surface area contributed by atoms with Crippen molar-refractivity contribution in [2.24, 2.45) is 17.8 Å². The molecule has 2 unspecified atom stereocenters. The molecule has 0 aliphatic heterocycles. The van der Waals surface area contributed by atoms with Crippen LogP contribution < -0.4 is 0 Å². The number of esters is 2. The molecule has 0 aromatic heterocycles. The number of rotatable bonds is 10. The number of ether oxygens (including phenoxy) is 2. The summed E-state index contributed by atoms with van der Waals surface area (Å²) in [5, 5.41) is 0. The summed E-state index contributed by atoms with van der Waals surface area (Å²) in [6.45, 7) is 7.22. The Kier molecular flexibility index (Phi) is 9.97. The van der Waals surface area contributed by atoms with Crippen LogP contribution in [0, 0.1) is 17.8 Å². The van der Waals surface area contributed by atoms with Crippen molar-refractivity contribution in [2.45, 2.75) is 78.6 Å². The van der Waals surface area contributed by atoms with Gasteiger partial charge in [0.15, 0.2) is 0 Å². The molecular weight excluding hydrogens is 292 g/mol. The second-order valence-corrected chi connectivity index (χ2v) is 7.08. The number of hydrogen-bond acceptors (Lipinski definition) is 4. The van der Waals surface area contributed by atoms with E-state index in [9.17, 15) is 9.59 Å². The van der Waals surface area contributed by atoms with Gasteiger partial charge in [-0.2, -0.15) is 0 Å². The summed E-state index contributed by atoms with van der Waals surface area (Å²) >= 11 is 0. The standard InChI is InChI=1S/C19H34O4/c1-4-22-18(20)16-11-9-12-17(14-16)19(21)23-13-8-6-5-7-10-15(2)3/h15-17H,4-14H2,1-3H3. The lowest BCUT2D eigenvalue weighted by molar-refractivity contribution is -0.154. The molecule has 0 bridgehead atoms. The Balaban J connectivity index is 2.15. The molecule has 1 fully saturated rings. The molecule has 134 valence electrons.